The van der Waals surface area contributed by atoms with Gasteiger partial charge in [0.05, 0.1) is 0 Å². The van der Waals surface area contributed by atoms with Crippen LogP contribution < -0.4 is 0 Å². The van der Waals surface area contributed by atoms with Crippen LogP contribution in [-0.4, -0.2) is 5.78 Å². The number of nitroso groups, excluding NO2 is 1. The van der Waals surface area contributed by atoms with Crippen molar-refractivity contribution in [1.29, 1.82) is 0 Å². The van der Waals surface area contributed by atoms with Gasteiger partial charge in [-0.3, -0.25) is 4.79 Å². The first kappa shape index (κ1) is 8.81. The van der Waals surface area contributed by atoms with Gasteiger partial charge < -0.3 is 0 Å². The van der Waals surface area contributed by atoms with Crippen molar-refractivity contribution < 1.29 is 4.79 Å². The average Bonchev–Trinajstić information content (AvgIpc) is 2.24. The van der Waals surface area contributed by atoms with Gasteiger partial charge in [0.1, 0.15) is 0 Å². The molecule has 0 bridgehead atoms. The molecule has 3 heteroatoms. The molecular weight excluding hydrogens is 178 g/mol. The quantitative estimate of drug-likeness (QED) is 0.633. The first-order valence-electron chi connectivity index (χ1n) is 4.35. The van der Waals surface area contributed by atoms with Gasteiger partial charge in [-0.2, -0.15) is 0 Å². The van der Waals surface area contributed by atoms with Crippen LogP contribution in [-0.2, 0) is 10.3 Å². The van der Waals surface area contributed by atoms with Crippen molar-refractivity contribution in [3.63, 3.8) is 0 Å². The summed E-state index contributed by atoms with van der Waals surface area (Å²) in [5.41, 5.74) is 0.322. The van der Waals surface area contributed by atoms with Crippen LogP contribution in [0.25, 0.3) is 6.08 Å². The lowest BCUT2D eigenvalue weighted by atomic mass is 9.81. The maximum Gasteiger partial charge on any atom is 0.191 e. The van der Waals surface area contributed by atoms with Crippen molar-refractivity contribution in [1.82, 2.24) is 0 Å². The van der Waals surface area contributed by atoms with Crippen molar-refractivity contribution in [2.24, 2.45) is 5.18 Å². The van der Waals surface area contributed by atoms with Crippen LogP contribution in [0.1, 0.15) is 18.1 Å². The van der Waals surface area contributed by atoms with Gasteiger partial charge in [0.2, 0.25) is 0 Å². The summed E-state index contributed by atoms with van der Waals surface area (Å²) in [7, 11) is 0. The van der Waals surface area contributed by atoms with E-state index in [0.29, 0.717) is 5.56 Å². The van der Waals surface area contributed by atoms with Gasteiger partial charge in [0, 0.05) is 0 Å². The van der Waals surface area contributed by atoms with E-state index in [1.54, 1.807) is 25.1 Å². The number of carbonyl (C=O) groups is 1. The summed E-state index contributed by atoms with van der Waals surface area (Å²) in [5.74, 6) is -0.258. The number of benzene rings is 1. The molecule has 0 aromatic heterocycles. The molecule has 2 rings (SSSR count). The van der Waals surface area contributed by atoms with E-state index >= 15 is 0 Å². The van der Waals surface area contributed by atoms with Crippen LogP contribution in [0.15, 0.2) is 35.5 Å². The monoisotopic (exact) mass is 187 g/mol. The summed E-state index contributed by atoms with van der Waals surface area (Å²) in [5, 5.41) is 2.95. The fourth-order valence-corrected chi connectivity index (χ4v) is 1.64. The molecule has 0 radical (unpaired) electrons. The van der Waals surface area contributed by atoms with Crippen LogP contribution in [0.4, 0.5) is 0 Å². The minimum atomic E-state index is -1.24. The molecule has 0 aliphatic heterocycles. The van der Waals surface area contributed by atoms with Gasteiger partial charge in [-0.1, -0.05) is 35.5 Å². The van der Waals surface area contributed by atoms with Crippen molar-refractivity contribution >= 4 is 11.9 Å². The van der Waals surface area contributed by atoms with Crippen LogP contribution in [0.2, 0.25) is 0 Å². The molecule has 1 atom stereocenters. The molecule has 14 heavy (non-hydrogen) atoms. The van der Waals surface area contributed by atoms with Crippen LogP contribution in [0, 0.1) is 4.91 Å². The Labute approximate surface area is 81.4 Å². The Bertz CT molecular complexity index is 437. The first-order chi connectivity index (χ1) is 6.68. The normalized spacial score (nSPS) is 24.5. The summed E-state index contributed by atoms with van der Waals surface area (Å²) >= 11 is 0. The molecule has 1 unspecified atom stereocenters. The molecule has 70 valence electrons. The van der Waals surface area contributed by atoms with Crippen LogP contribution >= 0.6 is 0 Å². The molecule has 1 aliphatic carbocycles. The second kappa shape index (κ2) is 2.87. The molecule has 0 spiro atoms. The minimum Gasteiger partial charge on any atom is -0.292 e. The molecule has 1 aromatic rings. The Morgan fingerprint density at radius 3 is 2.64 bits per heavy atom. The Morgan fingerprint density at radius 2 is 1.93 bits per heavy atom. The number of rotatable bonds is 1. The van der Waals surface area contributed by atoms with Gasteiger partial charge >= 0.3 is 0 Å². The molecular formula is C11H9NO2. The van der Waals surface area contributed by atoms with Crippen molar-refractivity contribution in [3.05, 3.63) is 46.4 Å². The third-order valence-corrected chi connectivity index (χ3v) is 2.56. The highest BCUT2D eigenvalue weighted by Crippen LogP contribution is 2.33. The van der Waals surface area contributed by atoms with E-state index < -0.39 is 5.54 Å². The molecule has 0 saturated heterocycles. The Hall–Kier alpha value is -1.77. The van der Waals surface area contributed by atoms with Gasteiger partial charge in [-0.25, -0.2) is 0 Å². The number of ketones is 1. The second-order valence-corrected chi connectivity index (χ2v) is 3.45. The van der Waals surface area contributed by atoms with E-state index in [0.717, 1.165) is 5.56 Å². The summed E-state index contributed by atoms with van der Waals surface area (Å²) in [4.78, 5) is 22.3. The summed E-state index contributed by atoms with van der Waals surface area (Å²) in [6.45, 7) is 1.55. The Morgan fingerprint density at radius 1 is 1.21 bits per heavy atom. The minimum absolute atomic E-state index is 0.258. The van der Waals surface area contributed by atoms with Gasteiger partial charge in [0.25, 0.3) is 0 Å². The standard InChI is InChI=1S/C11H9NO2/c1-11(12-14)9-5-3-2-4-8(9)6-7-10(11)13/h2-7H,1H3. The van der Waals surface area contributed by atoms with Crippen molar-refractivity contribution in [2.45, 2.75) is 12.5 Å². The van der Waals surface area contributed by atoms with Crippen LogP contribution in [0.5, 0.6) is 0 Å². The number of hydrogen-bond donors (Lipinski definition) is 0. The summed E-state index contributed by atoms with van der Waals surface area (Å²) in [6.07, 6.45) is 3.12. The Kier molecular flexibility index (Phi) is 1.81. The smallest absolute Gasteiger partial charge is 0.191 e. The van der Waals surface area contributed by atoms with E-state index in [2.05, 4.69) is 5.18 Å². The number of hydrogen-bond acceptors (Lipinski definition) is 3. The summed E-state index contributed by atoms with van der Waals surface area (Å²) in [6, 6.07) is 7.29. The maximum absolute atomic E-state index is 11.5. The van der Waals surface area contributed by atoms with Crippen LogP contribution in [0.3, 0.4) is 0 Å². The van der Waals surface area contributed by atoms with E-state index in [4.69, 9.17) is 0 Å². The van der Waals surface area contributed by atoms with E-state index in [1.165, 1.54) is 6.08 Å². The number of nitrogens with zero attached hydrogens (tertiary/aromatic N) is 1. The van der Waals surface area contributed by atoms with Gasteiger partial charge in [0.15, 0.2) is 11.3 Å². The predicted molar refractivity (Wildman–Crippen MR) is 53.6 cm³/mol. The highest BCUT2D eigenvalue weighted by molar-refractivity contribution is 6.04. The van der Waals surface area contributed by atoms with Gasteiger partial charge in [-0.15, -0.1) is 4.91 Å². The van der Waals surface area contributed by atoms with E-state index in [9.17, 15) is 9.70 Å². The largest absolute Gasteiger partial charge is 0.292 e. The fraction of sp³-hybridized carbons (Fsp3) is 0.182. The fourth-order valence-electron chi connectivity index (χ4n) is 1.64. The second-order valence-electron chi connectivity index (χ2n) is 3.45. The molecule has 0 fully saturated rings. The zero-order valence-corrected chi connectivity index (χ0v) is 7.73. The molecule has 0 saturated carbocycles. The third-order valence-electron chi connectivity index (χ3n) is 2.56. The number of fused-ring (bicyclic) bond motifs is 1. The molecule has 1 aromatic carbocycles. The lowest BCUT2D eigenvalue weighted by Crippen LogP contribution is -2.31. The zero-order chi connectivity index (χ0) is 10.2. The third kappa shape index (κ3) is 1.02. The topological polar surface area (TPSA) is 46.5 Å². The highest BCUT2D eigenvalue weighted by atomic mass is 16.3. The zero-order valence-electron chi connectivity index (χ0n) is 7.73. The predicted octanol–water partition coefficient (Wildman–Crippen LogP) is 2.26. The maximum atomic E-state index is 11.5. The van der Waals surface area contributed by atoms with Crippen molar-refractivity contribution in [3.8, 4) is 0 Å². The number of carbonyl (C=O) groups excluding carboxylic acids is 1. The van der Waals surface area contributed by atoms with Crippen molar-refractivity contribution in [2.75, 3.05) is 0 Å². The first-order valence-corrected chi connectivity index (χ1v) is 4.35. The average molecular weight is 187 g/mol. The Balaban J connectivity index is 2.71. The van der Waals surface area contributed by atoms with Gasteiger partial charge in [-0.05, 0) is 24.1 Å². The lowest BCUT2D eigenvalue weighted by Gasteiger charge is -2.23. The SMILES string of the molecule is CC1(N=O)C(=O)C=Cc2ccccc21. The molecule has 0 amide bonds. The molecule has 1 aliphatic rings. The van der Waals surface area contributed by atoms with E-state index in [1.807, 2.05) is 12.1 Å². The summed E-state index contributed by atoms with van der Waals surface area (Å²) < 4.78 is 0. The highest BCUT2D eigenvalue weighted by Gasteiger charge is 2.38. The molecule has 0 heterocycles. The molecule has 3 nitrogen and oxygen atoms in total. The van der Waals surface area contributed by atoms with E-state index in [-0.39, 0.29) is 5.78 Å². The molecule has 0 N–H and O–H groups in total. The lowest BCUT2D eigenvalue weighted by molar-refractivity contribution is -0.119.